The number of fused-ring (bicyclic) bond motifs is 1. The Morgan fingerprint density at radius 3 is 2.54 bits per heavy atom. The Morgan fingerprint density at radius 1 is 1.15 bits per heavy atom. The van der Waals surface area contributed by atoms with E-state index >= 15 is 0 Å². The molecule has 0 atom stereocenters. The molecule has 68 valence electrons. The molecular weight excluding hydrogens is 164 g/mol. The van der Waals surface area contributed by atoms with Crippen molar-refractivity contribution < 1.29 is 9.52 Å². The van der Waals surface area contributed by atoms with E-state index in [0.717, 1.165) is 27.7 Å². The maximum Gasteiger partial charge on any atom is 0.138 e. The van der Waals surface area contributed by atoms with Crippen LogP contribution in [0.1, 0.15) is 16.7 Å². The van der Waals surface area contributed by atoms with Crippen LogP contribution in [0.15, 0.2) is 16.7 Å². The van der Waals surface area contributed by atoms with E-state index in [1.54, 1.807) is 6.26 Å². The summed E-state index contributed by atoms with van der Waals surface area (Å²) in [6.45, 7) is 5.81. The van der Waals surface area contributed by atoms with Gasteiger partial charge in [-0.1, -0.05) is 0 Å². The minimum Gasteiger partial charge on any atom is -0.507 e. The number of benzene rings is 1. The van der Waals surface area contributed by atoms with E-state index in [9.17, 15) is 5.11 Å². The van der Waals surface area contributed by atoms with Crippen molar-refractivity contribution in [1.82, 2.24) is 0 Å². The van der Waals surface area contributed by atoms with Gasteiger partial charge < -0.3 is 9.52 Å². The molecule has 0 aliphatic heterocycles. The molecule has 0 aliphatic carbocycles. The lowest BCUT2D eigenvalue weighted by molar-refractivity contribution is 0.476. The van der Waals surface area contributed by atoms with Crippen molar-refractivity contribution in [2.75, 3.05) is 0 Å². The van der Waals surface area contributed by atoms with Crippen molar-refractivity contribution in [2.45, 2.75) is 20.8 Å². The van der Waals surface area contributed by atoms with E-state index in [1.807, 2.05) is 26.8 Å². The van der Waals surface area contributed by atoms with Gasteiger partial charge in [0.25, 0.3) is 0 Å². The Balaban J connectivity index is 2.97. The zero-order valence-corrected chi connectivity index (χ0v) is 8.01. The number of phenolic OH excluding ortho intramolecular Hbond substituents is 1. The lowest BCUT2D eigenvalue weighted by atomic mass is 10.0. The molecule has 2 rings (SSSR count). The monoisotopic (exact) mass is 176 g/mol. The molecule has 1 aromatic carbocycles. The number of rotatable bonds is 0. The summed E-state index contributed by atoms with van der Waals surface area (Å²) >= 11 is 0. The standard InChI is InChI=1S/C11H12O2/c1-6-4-9-10(7(2)5-13-9)11(12)8(6)3/h4-5,12H,1-3H3. The first-order valence-corrected chi connectivity index (χ1v) is 4.28. The smallest absolute Gasteiger partial charge is 0.138 e. The summed E-state index contributed by atoms with van der Waals surface area (Å²) in [4.78, 5) is 0. The molecule has 0 radical (unpaired) electrons. The molecule has 1 aromatic heterocycles. The molecule has 2 aromatic rings. The Kier molecular flexibility index (Phi) is 1.59. The normalized spacial score (nSPS) is 11.0. The second-order valence-electron chi connectivity index (χ2n) is 3.46. The highest BCUT2D eigenvalue weighted by Gasteiger charge is 2.11. The summed E-state index contributed by atoms with van der Waals surface area (Å²) in [6, 6.07) is 1.96. The largest absolute Gasteiger partial charge is 0.507 e. The van der Waals surface area contributed by atoms with E-state index < -0.39 is 0 Å². The summed E-state index contributed by atoms with van der Waals surface area (Å²) in [6.07, 6.45) is 1.67. The van der Waals surface area contributed by atoms with Crippen LogP contribution in [0.4, 0.5) is 0 Å². The van der Waals surface area contributed by atoms with Gasteiger partial charge in [-0.15, -0.1) is 0 Å². The first-order chi connectivity index (χ1) is 6.11. The maximum absolute atomic E-state index is 9.85. The van der Waals surface area contributed by atoms with Gasteiger partial charge in [-0.2, -0.15) is 0 Å². The molecule has 0 amide bonds. The van der Waals surface area contributed by atoms with E-state index in [1.165, 1.54) is 0 Å². The Hall–Kier alpha value is -1.44. The number of hydrogen-bond donors (Lipinski definition) is 1. The second-order valence-corrected chi connectivity index (χ2v) is 3.46. The van der Waals surface area contributed by atoms with Gasteiger partial charge in [-0.25, -0.2) is 0 Å². The highest BCUT2D eigenvalue weighted by molar-refractivity contribution is 5.89. The van der Waals surface area contributed by atoms with E-state index in [4.69, 9.17) is 4.42 Å². The molecule has 1 heterocycles. The molecule has 2 heteroatoms. The third kappa shape index (κ3) is 1.02. The van der Waals surface area contributed by atoms with Crippen molar-refractivity contribution in [3.63, 3.8) is 0 Å². The van der Waals surface area contributed by atoms with Crippen molar-refractivity contribution in [3.8, 4) is 5.75 Å². The molecule has 13 heavy (non-hydrogen) atoms. The zero-order chi connectivity index (χ0) is 9.59. The van der Waals surface area contributed by atoms with E-state index in [0.29, 0.717) is 5.75 Å². The number of aromatic hydroxyl groups is 1. The van der Waals surface area contributed by atoms with Crippen LogP contribution >= 0.6 is 0 Å². The summed E-state index contributed by atoms with van der Waals surface area (Å²) in [5, 5.41) is 10.7. The SMILES string of the molecule is Cc1cc2occ(C)c2c(O)c1C. The molecule has 0 saturated carbocycles. The third-order valence-corrected chi connectivity index (χ3v) is 2.53. The van der Waals surface area contributed by atoms with Gasteiger partial charge in [0.2, 0.25) is 0 Å². The van der Waals surface area contributed by atoms with Gasteiger partial charge in [0, 0.05) is 0 Å². The lowest BCUT2D eigenvalue weighted by Gasteiger charge is -2.03. The Labute approximate surface area is 76.8 Å². The minimum atomic E-state index is 0.348. The number of phenols is 1. The number of hydrogen-bond acceptors (Lipinski definition) is 2. The molecular formula is C11H12O2. The first-order valence-electron chi connectivity index (χ1n) is 4.28. The van der Waals surface area contributed by atoms with Crippen LogP contribution in [0, 0.1) is 20.8 Å². The summed E-state index contributed by atoms with van der Waals surface area (Å²) in [5.74, 6) is 0.348. The average Bonchev–Trinajstić information content (AvgIpc) is 2.43. The van der Waals surface area contributed by atoms with Crippen LogP contribution in [0.25, 0.3) is 11.0 Å². The van der Waals surface area contributed by atoms with Crippen molar-refractivity contribution in [2.24, 2.45) is 0 Å². The summed E-state index contributed by atoms with van der Waals surface area (Å²) < 4.78 is 5.31. The van der Waals surface area contributed by atoms with Gasteiger partial charge in [0.15, 0.2) is 0 Å². The van der Waals surface area contributed by atoms with Gasteiger partial charge >= 0.3 is 0 Å². The predicted octanol–water partition coefficient (Wildman–Crippen LogP) is 3.06. The van der Waals surface area contributed by atoms with Gasteiger partial charge in [0.1, 0.15) is 11.3 Å². The Bertz CT molecular complexity index is 466. The molecule has 0 unspecified atom stereocenters. The van der Waals surface area contributed by atoms with Crippen LogP contribution in [0.2, 0.25) is 0 Å². The van der Waals surface area contributed by atoms with Crippen molar-refractivity contribution >= 4 is 11.0 Å². The minimum absolute atomic E-state index is 0.348. The second kappa shape index (κ2) is 2.52. The quantitative estimate of drug-likeness (QED) is 0.669. The highest BCUT2D eigenvalue weighted by atomic mass is 16.3. The molecule has 1 N–H and O–H groups in total. The topological polar surface area (TPSA) is 33.4 Å². The lowest BCUT2D eigenvalue weighted by Crippen LogP contribution is -1.82. The van der Waals surface area contributed by atoms with Crippen LogP contribution < -0.4 is 0 Å². The molecule has 0 aliphatic rings. The molecule has 2 nitrogen and oxygen atoms in total. The molecule has 0 bridgehead atoms. The molecule has 0 saturated heterocycles. The number of furan rings is 1. The van der Waals surface area contributed by atoms with Crippen LogP contribution in [-0.4, -0.2) is 5.11 Å². The van der Waals surface area contributed by atoms with E-state index in [2.05, 4.69) is 0 Å². The fourth-order valence-electron chi connectivity index (χ4n) is 1.55. The van der Waals surface area contributed by atoms with Gasteiger partial charge in [-0.05, 0) is 43.5 Å². The van der Waals surface area contributed by atoms with Gasteiger partial charge in [0.05, 0.1) is 11.6 Å². The van der Waals surface area contributed by atoms with Crippen LogP contribution in [0.3, 0.4) is 0 Å². The molecule has 0 fully saturated rings. The Morgan fingerprint density at radius 2 is 1.85 bits per heavy atom. The highest BCUT2D eigenvalue weighted by Crippen LogP contribution is 2.34. The average molecular weight is 176 g/mol. The van der Waals surface area contributed by atoms with Crippen molar-refractivity contribution in [3.05, 3.63) is 29.0 Å². The summed E-state index contributed by atoms with van der Waals surface area (Å²) in [7, 11) is 0. The van der Waals surface area contributed by atoms with Crippen LogP contribution in [0.5, 0.6) is 5.75 Å². The molecule has 0 spiro atoms. The van der Waals surface area contributed by atoms with Crippen LogP contribution in [-0.2, 0) is 0 Å². The third-order valence-electron chi connectivity index (χ3n) is 2.53. The van der Waals surface area contributed by atoms with Gasteiger partial charge in [-0.3, -0.25) is 0 Å². The fraction of sp³-hybridized carbons (Fsp3) is 0.273. The number of aryl methyl sites for hydroxylation is 2. The van der Waals surface area contributed by atoms with Crippen molar-refractivity contribution in [1.29, 1.82) is 0 Å². The first kappa shape index (κ1) is 8.17. The van der Waals surface area contributed by atoms with E-state index in [-0.39, 0.29) is 0 Å². The zero-order valence-electron chi connectivity index (χ0n) is 8.01. The maximum atomic E-state index is 9.85. The summed E-state index contributed by atoms with van der Waals surface area (Å²) in [5.41, 5.74) is 3.73. The fourth-order valence-corrected chi connectivity index (χ4v) is 1.55. The predicted molar refractivity (Wildman–Crippen MR) is 52.1 cm³/mol.